The fourth-order valence-electron chi connectivity index (χ4n) is 2.17. The Bertz CT molecular complexity index is 248. The highest BCUT2D eigenvalue weighted by Gasteiger charge is 2.20. The van der Waals surface area contributed by atoms with Crippen molar-refractivity contribution in [3.05, 3.63) is 0 Å². The van der Waals surface area contributed by atoms with E-state index in [-0.39, 0.29) is 6.04 Å². The van der Waals surface area contributed by atoms with E-state index in [1.807, 2.05) is 0 Å². The number of hydrogen-bond donors (Lipinski definition) is 1. The summed E-state index contributed by atoms with van der Waals surface area (Å²) < 4.78 is 0. The third-order valence-corrected chi connectivity index (χ3v) is 3.57. The van der Waals surface area contributed by atoms with Crippen LogP contribution in [0.5, 0.6) is 0 Å². The maximum atomic E-state index is 9.04. The largest absolute Gasteiger partial charge is 0.302 e. The van der Waals surface area contributed by atoms with Crippen LogP contribution >= 0.6 is 0 Å². The maximum Gasteiger partial charge on any atom is 0.0965 e. The monoisotopic (exact) mass is 238 g/mol. The Kier molecular flexibility index (Phi) is 6.49. The van der Waals surface area contributed by atoms with Gasteiger partial charge in [0.1, 0.15) is 0 Å². The number of likely N-dealkylation sites (N-methyl/N-ethyl adjacent to an activating group) is 1. The fraction of sp³-hybridized carbons (Fsp3) is 0.923. The molecule has 98 valence electrons. The highest BCUT2D eigenvalue weighted by Crippen LogP contribution is 2.07. The predicted octanol–water partition coefficient (Wildman–Crippen LogP) is 0.904. The summed E-state index contributed by atoms with van der Waals surface area (Å²) in [7, 11) is 2.18. The normalized spacial score (nSPS) is 24.5. The van der Waals surface area contributed by atoms with Crippen LogP contribution in [0.4, 0.5) is 0 Å². The van der Waals surface area contributed by atoms with Crippen LogP contribution in [0, 0.1) is 11.3 Å². The van der Waals surface area contributed by atoms with Crippen molar-refractivity contribution in [3.63, 3.8) is 0 Å². The molecule has 0 aromatic carbocycles. The van der Waals surface area contributed by atoms with Crippen molar-refractivity contribution in [3.8, 4) is 6.07 Å². The van der Waals surface area contributed by atoms with Crippen LogP contribution in [-0.4, -0.2) is 61.7 Å². The first-order valence-corrected chi connectivity index (χ1v) is 6.73. The molecule has 0 spiro atoms. The van der Waals surface area contributed by atoms with E-state index in [9.17, 15) is 0 Å². The Hall–Kier alpha value is -0.630. The Balaban J connectivity index is 2.23. The van der Waals surface area contributed by atoms with Gasteiger partial charge in [-0.3, -0.25) is 0 Å². The van der Waals surface area contributed by atoms with E-state index in [1.165, 1.54) is 0 Å². The summed E-state index contributed by atoms with van der Waals surface area (Å²) in [6.07, 6.45) is 2.02. The van der Waals surface area contributed by atoms with Crippen molar-refractivity contribution in [2.75, 3.05) is 39.8 Å². The highest BCUT2D eigenvalue weighted by atomic mass is 15.3. The molecule has 1 N–H and O–H groups in total. The number of nitrogens with one attached hydrogen (secondary N) is 1. The maximum absolute atomic E-state index is 9.04. The molecule has 1 heterocycles. The van der Waals surface area contributed by atoms with Gasteiger partial charge in [0.15, 0.2) is 0 Å². The van der Waals surface area contributed by atoms with E-state index < -0.39 is 0 Å². The van der Waals surface area contributed by atoms with Crippen molar-refractivity contribution in [1.82, 2.24) is 15.1 Å². The zero-order chi connectivity index (χ0) is 12.7. The lowest BCUT2D eigenvalue weighted by atomic mass is 10.1. The second-order valence-electron chi connectivity index (χ2n) is 5.05. The first-order chi connectivity index (χ1) is 8.17. The molecule has 0 aromatic rings. The van der Waals surface area contributed by atoms with Crippen LogP contribution < -0.4 is 5.32 Å². The molecule has 1 saturated heterocycles. The van der Waals surface area contributed by atoms with Crippen LogP contribution in [0.3, 0.4) is 0 Å². The van der Waals surface area contributed by atoms with Crippen LogP contribution in [0.2, 0.25) is 0 Å². The number of rotatable bonds is 6. The number of nitriles is 1. The topological polar surface area (TPSA) is 42.3 Å². The molecule has 1 rings (SSSR count). The van der Waals surface area contributed by atoms with E-state index in [4.69, 9.17) is 5.26 Å². The second kappa shape index (κ2) is 7.65. The average Bonchev–Trinajstić information content (AvgIpc) is 2.34. The van der Waals surface area contributed by atoms with E-state index in [1.54, 1.807) is 0 Å². The lowest BCUT2D eigenvalue weighted by Crippen LogP contribution is -2.50. The zero-order valence-corrected chi connectivity index (χ0v) is 11.4. The third-order valence-electron chi connectivity index (χ3n) is 3.57. The van der Waals surface area contributed by atoms with Gasteiger partial charge in [-0.2, -0.15) is 5.26 Å². The molecule has 0 radical (unpaired) electrons. The van der Waals surface area contributed by atoms with Gasteiger partial charge in [0.05, 0.1) is 12.1 Å². The van der Waals surface area contributed by atoms with Crippen LogP contribution in [0.25, 0.3) is 0 Å². The van der Waals surface area contributed by atoms with Gasteiger partial charge in [-0.1, -0.05) is 6.92 Å². The van der Waals surface area contributed by atoms with Crippen LogP contribution in [0.15, 0.2) is 0 Å². The minimum Gasteiger partial charge on any atom is -0.302 e. The standard InChI is InChI=1S/C13H26N4/c1-4-6-15-13(10-14)5-7-17-9-8-16(3)12(2)11-17/h12-13,15H,4-9,11H2,1-3H3. The van der Waals surface area contributed by atoms with Gasteiger partial charge in [0, 0.05) is 32.2 Å². The summed E-state index contributed by atoms with van der Waals surface area (Å²) in [6.45, 7) is 9.77. The van der Waals surface area contributed by atoms with E-state index in [0.717, 1.165) is 45.6 Å². The molecule has 2 unspecified atom stereocenters. The quantitative estimate of drug-likeness (QED) is 0.747. The number of piperazine rings is 1. The van der Waals surface area contributed by atoms with Gasteiger partial charge in [-0.15, -0.1) is 0 Å². The van der Waals surface area contributed by atoms with Crippen molar-refractivity contribution >= 4 is 0 Å². The molecule has 2 atom stereocenters. The third kappa shape index (κ3) is 5.03. The molecular weight excluding hydrogens is 212 g/mol. The first-order valence-electron chi connectivity index (χ1n) is 6.73. The van der Waals surface area contributed by atoms with E-state index in [2.05, 4.69) is 42.1 Å². The Morgan fingerprint density at radius 2 is 2.24 bits per heavy atom. The molecule has 0 saturated carbocycles. The fourth-order valence-corrected chi connectivity index (χ4v) is 2.17. The van der Waals surface area contributed by atoms with Gasteiger partial charge < -0.3 is 15.1 Å². The Morgan fingerprint density at radius 3 is 2.82 bits per heavy atom. The molecule has 17 heavy (non-hydrogen) atoms. The highest BCUT2D eigenvalue weighted by molar-refractivity contribution is 4.90. The molecule has 4 heteroatoms. The number of hydrogen-bond acceptors (Lipinski definition) is 4. The summed E-state index contributed by atoms with van der Waals surface area (Å²) in [5.41, 5.74) is 0. The van der Waals surface area contributed by atoms with Crippen LogP contribution in [-0.2, 0) is 0 Å². The molecule has 1 aliphatic heterocycles. The first kappa shape index (κ1) is 14.4. The second-order valence-corrected chi connectivity index (χ2v) is 5.05. The van der Waals surface area contributed by atoms with Crippen molar-refractivity contribution in [2.45, 2.75) is 38.8 Å². The minimum absolute atomic E-state index is 0.0184. The van der Waals surface area contributed by atoms with Gasteiger partial charge in [0.2, 0.25) is 0 Å². The molecule has 0 aromatic heterocycles. The van der Waals surface area contributed by atoms with E-state index >= 15 is 0 Å². The van der Waals surface area contributed by atoms with Gasteiger partial charge in [0.25, 0.3) is 0 Å². The lowest BCUT2D eigenvalue weighted by molar-refractivity contribution is 0.103. The molecule has 0 bridgehead atoms. The van der Waals surface area contributed by atoms with Crippen molar-refractivity contribution in [2.24, 2.45) is 0 Å². The smallest absolute Gasteiger partial charge is 0.0965 e. The SMILES string of the molecule is CCCNC(C#N)CCN1CCN(C)C(C)C1. The van der Waals surface area contributed by atoms with Gasteiger partial charge in [-0.05, 0) is 33.4 Å². The summed E-state index contributed by atoms with van der Waals surface area (Å²) >= 11 is 0. The Labute approximate surface area is 106 Å². The number of nitrogens with zero attached hydrogens (tertiary/aromatic N) is 3. The zero-order valence-electron chi connectivity index (χ0n) is 11.4. The van der Waals surface area contributed by atoms with Gasteiger partial charge >= 0.3 is 0 Å². The summed E-state index contributed by atoms with van der Waals surface area (Å²) in [4.78, 5) is 4.87. The average molecular weight is 238 g/mol. The molecule has 4 nitrogen and oxygen atoms in total. The predicted molar refractivity (Wildman–Crippen MR) is 70.8 cm³/mol. The van der Waals surface area contributed by atoms with Crippen molar-refractivity contribution in [1.29, 1.82) is 5.26 Å². The molecule has 1 fully saturated rings. The minimum atomic E-state index is 0.0184. The molecule has 1 aliphatic rings. The van der Waals surface area contributed by atoms with Gasteiger partial charge in [-0.25, -0.2) is 0 Å². The molecule has 0 aliphatic carbocycles. The lowest BCUT2D eigenvalue weighted by Gasteiger charge is -2.37. The molecule has 0 amide bonds. The molecular formula is C13H26N4. The summed E-state index contributed by atoms with van der Waals surface area (Å²) in [6, 6.07) is 3.00. The summed E-state index contributed by atoms with van der Waals surface area (Å²) in [5, 5.41) is 12.3. The summed E-state index contributed by atoms with van der Waals surface area (Å²) in [5.74, 6) is 0. The van der Waals surface area contributed by atoms with Crippen LogP contribution in [0.1, 0.15) is 26.7 Å². The Morgan fingerprint density at radius 1 is 1.47 bits per heavy atom. The van der Waals surface area contributed by atoms with Crippen molar-refractivity contribution < 1.29 is 0 Å². The van der Waals surface area contributed by atoms with E-state index in [0.29, 0.717) is 6.04 Å².